The number of rotatable bonds is 3. The summed E-state index contributed by atoms with van der Waals surface area (Å²) >= 11 is 11.3. The molecule has 0 fully saturated rings. The Hall–Kier alpha value is -2.89. The Bertz CT molecular complexity index is 1120. The summed E-state index contributed by atoms with van der Waals surface area (Å²) < 4.78 is 5.88. The first-order valence-corrected chi connectivity index (χ1v) is 9.17. The smallest absolute Gasteiger partial charge is 0.227 e. The number of aromatic nitrogens is 1. The highest BCUT2D eigenvalue weighted by Crippen LogP contribution is 2.26. The van der Waals surface area contributed by atoms with E-state index in [1.807, 2.05) is 73.7 Å². The maximum atomic E-state index is 5.90. The summed E-state index contributed by atoms with van der Waals surface area (Å²) in [7, 11) is 0. The summed E-state index contributed by atoms with van der Waals surface area (Å²) in [5.41, 5.74) is 5.36. The van der Waals surface area contributed by atoms with E-state index in [1.54, 1.807) is 0 Å². The predicted molar refractivity (Wildman–Crippen MR) is 115 cm³/mol. The lowest BCUT2D eigenvalue weighted by Gasteiger charge is -2.11. The van der Waals surface area contributed by atoms with Crippen LogP contribution in [0.5, 0.6) is 0 Å². The summed E-state index contributed by atoms with van der Waals surface area (Å²) in [6.45, 7) is 2.03. The molecule has 4 rings (SSSR count). The fourth-order valence-corrected chi connectivity index (χ4v) is 3.08. The van der Waals surface area contributed by atoms with Crippen molar-refractivity contribution in [3.05, 3.63) is 77.3 Å². The lowest BCUT2D eigenvalue weighted by atomic mass is 10.2. The van der Waals surface area contributed by atoms with E-state index in [1.165, 1.54) is 0 Å². The number of oxazole rings is 1. The van der Waals surface area contributed by atoms with Gasteiger partial charge in [-0.05, 0) is 79.3 Å². The first-order chi connectivity index (χ1) is 13.1. The zero-order valence-corrected chi connectivity index (χ0v) is 16.1. The van der Waals surface area contributed by atoms with Gasteiger partial charge in [0, 0.05) is 22.0 Å². The fourth-order valence-electron chi connectivity index (χ4n) is 2.72. The molecule has 134 valence electrons. The number of benzene rings is 3. The Balaban J connectivity index is 1.52. The molecule has 0 unspecified atom stereocenters. The van der Waals surface area contributed by atoms with Gasteiger partial charge in [0.2, 0.25) is 5.89 Å². The molecule has 0 amide bonds. The van der Waals surface area contributed by atoms with Crippen molar-refractivity contribution in [3.8, 4) is 11.5 Å². The van der Waals surface area contributed by atoms with Gasteiger partial charge < -0.3 is 15.1 Å². The number of aryl methyl sites for hydroxylation is 1. The molecule has 0 aliphatic carbocycles. The summed E-state index contributed by atoms with van der Waals surface area (Å²) in [4.78, 5) is 4.58. The number of hydrogen-bond donors (Lipinski definition) is 2. The van der Waals surface area contributed by atoms with Crippen molar-refractivity contribution in [1.29, 1.82) is 0 Å². The van der Waals surface area contributed by atoms with Crippen LogP contribution in [0.3, 0.4) is 0 Å². The predicted octanol–water partition coefficient (Wildman–Crippen LogP) is 6.27. The Morgan fingerprint density at radius 2 is 1.74 bits per heavy atom. The second-order valence-corrected chi connectivity index (χ2v) is 7.00. The highest BCUT2D eigenvalue weighted by molar-refractivity contribution is 7.80. The van der Waals surface area contributed by atoms with Gasteiger partial charge in [-0.3, -0.25) is 0 Å². The molecule has 0 atom stereocenters. The average Bonchev–Trinajstić information content (AvgIpc) is 3.07. The van der Waals surface area contributed by atoms with Crippen LogP contribution >= 0.6 is 23.8 Å². The molecule has 0 aliphatic rings. The lowest BCUT2D eigenvalue weighted by molar-refractivity contribution is 0.620. The number of hydrogen-bond acceptors (Lipinski definition) is 3. The van der Waals surface area contributed by atoms with Gasteiger partial charge in [-0.1, -0.05) is 23.7 Å². The highest BCUT2D eigenvalue weighted by Gasteiger charge is 2.09. The van der Waals surface area contributed by atoms with Crippen molar-refractivity contribution in [2.45, 2.75) is 6.92 Å². The van der Waals surface area contributed by atoms with Gasteiger partial charge in [-0.2, -0.15) is 0 Å². The van der Waals surface area contributed by atoms with E-state index < -0.39 is 0 Å². The Kier molecular flexibility index (Phi) is 4.79. The van der Waals surface area contributed by atoms with E-state index in [0.717, 1.165) is 33.6 Å². The van der Waals surface area contributed by atoms with Gasteiger partial charge in [0.05, 0.1) is 0 Å². The van der Waals surface area contributed by atoms with Crippen molar-refractivity contribution in [2.75, 3.05) is 10.6 Å². The van der Waals surface area contributed by atoms with Crippen LogP contribution in [0.25, 0.3) is 22.6 Å². The number of nitrogens with zero attached hydrogens (tertiary/aromatic N) is 1. The van der Waals surface area contributed by atoms with Crippen molar-refractivity contribution in [2.24, 2.45) is 0 Å². The molecule has 1 aromatic heterocycles. The summed E-state index contributed by atoms with van der Waals surface area (Å²) in [5.74, 6) is 0.579. The van der Waals surface area contributed by atoms with Crippen LogP contribution in [0, 0.1) is 6.92 Å². The van der Waals surface area contributed by atoms with E-state index in [0.29, 0.717) is 16.0 Å². The Morgan fingerprint density at radius 3 is 2.56 bits per heavy atom. The highest BCUT2D eigenvalue weighted by atomic mass is 35.5. The number of thiocarbonyl (C=S) groups is 1. The van der Waals surface area contributed by atoms with Crippen LogP contribution in [-0.4, -0.2) is 10.1 Å². The quantitative estimate of drug-likeness (QED) is 0.402. The van der Waals surface area contributed by atoms with Crippen LogP contribution in [0.4, 0.5) is 11.4 Å². The Morgan fingerprint density at radius 1 is 0.963 bits per heavy atom. The van der Waals surface area contributed by atoms with Crippen LogP contribution in [-0.2, 0) is 0 Å². The zero-order valence-electron chi connectivity index (χ0n) is 14.5. The van der Waals surface area contributed by atoms with Gasteiger partial charge in [0.1, 0.15) is 5.52 Å². The first-order valence-electron chi connectivity index (χ1n) is 8.38. The third-order valence-corrected chi connectivity index (χ3v) is 4.47. The molecular formula is C21H16ClN3OS. The van der Waals surface area contributed by atoms with Crippen molar-refractivity contribution in [1.82, 2.24) is 4.98 Å². The summed E-state index contributed by atoms with van der Waals surface area (Å²) in [5, 5.41) is 7.47. The number of nitrogens with one attached hydrogen (secondary N) is 2. The van der Waals surface area contributed by atoms with Crippen molar-refractivity contribution >= 4 is 51.4 Å². The standard InChI is InChI=1S/C21H16ClN3OS/c1-13-5-10-19-18(11-13)25-20(26-19)14-3-2-4-17(12-14)24-21(27)23-16-8-6-15(22)7-9-16/h2-12H,1H3,(H2,23,24,27). The van der Waals surface area contributed by atoms with Crippen LogP contribution in [0.1, 0.15) is 5.56 Å². The molecule has 0 saturated carbocycles. The van der Waals surface area contributed by atoms with E-state index in [4.69, 9.17) is 28.2 Å². The van der Waals surface area contributed by atoms with E-state index >= 15 is 0 Å². The van der Waals surface area contributed by atoms with Gasteiger partial charge in [0.15, 0.2) is 10.7 Å². The Labute approximate surface area is 167 Å². The van der Waals surface area contributed by atoms with E-state index in [2.05, 4.69) is 15.6 Å². The molecule has 1 heterocycles. The van der Waals surface area contributed by atoms with Gasteiger partial charge in [0.25, 0.3) is 0 Å². The molecule has 0 saturated heterocycles. The average molecular weight is 394 g/mol. The third kappa shape index (κ3) is 4.10. The number of fused-ring (bicyclic) bond motifs is 1. The van der Waals surface area contributed by atoms with Gasteiger partial charge in [-0.15, -0.1) is 0 Å². The topological polar surface area (TPSA) is 50.1 Å². The second-order valence-electron chi connectivity index (χ2n) is 6.16. The maximum Gasteiger partial charge on any atom is 0.227 e. The normalized spacial score (nSPS) is 10.7. The molecule has 4 aromatic rings. The molecule has 27 heavy (non-hydrogen) atoms. The molecule has 3 aromatic carbocycles. The molecule has 6 heteroatoms. The van der Waals surface area contributed by atoms with Crippen LogP contribution < -0.4 is 10.6 Å². The molecule has 0 aliphatic heterocycles. The van der Waals surface area contributed by atoms with Crippen LogP contribution in [0.2, 0.25) is 5.02 Å². The lowest BCUT2D eigenvalue weighted by Crippen LogP contribution is -2.18. The van der Waals surface area contributed by atoms with E-state index in [9.17, 15) is 0 Å². The minimum absolute atomic E-state index is 0.489. The number of halogens is 1. The van der Waals surface area contributed by atoms with Crippen molar-refractivity contribution < 1.29 is 4.42 Å². The summed E-state index contributed by atoms with van der Waals surface area (Å²) in [6.07, 6.45) is 0. The van der Waals surface area contributed by atoms with E-state index in [-0.39, 0.29) is 0 Å². The third-order valence-electron chi connectivity index (χ3n) is 4.01. The first kappa shape index (κ1) is 17.5. The largest absolute Gasteiger partial charge is 0.436 e. The molecule has 0 spiro atoms. The SMILES string of the molecule is Cc1ccc2oc(-c3cccc(NC(=S)Nc4ccc(Cl)cc4)c3)nc2c1. The maximum absolute atomic E-state index is 5.90. The zero-order chi connectivity index (χ0) is 18.8. The van der Waals surface area contributed by atoms with Gasteiger partial charge in [-0.25, -0.2) is 4.98 Å². The number of anilines is 2. The minimum Gasteiger partial charge on any atom is -0.436 e. The summed E-state index contributed by atoms with van der Waals surface area (Å²) in [6, 6.07) is 21.1. The molecular weight excluding hydrogens is 378 g/mol. The molecule has 0 radical (unpaired) electrons. The monoisotopic (exact) mass is 393 g/mol. The molecule has 2 N–H and O–H groups in total. The fraction of sp³-hybridized carbons (Fsp3) is 0.0476. The second kappa shape index (κ2) is 7.39. The van der Waals surface area contributed by atoms with Crippen molar-refractivity contribution in [3.63, 3.8) is 0 Å². The van der Waals surface area contributed by atoms with Crippen LogP contribution in [0.15, 0.2) is 71.1 Å². The van der Waals surface area contributed by atoms with Gasteiger partial charge >= 0.3 is 0 Å². The molecule has 4 nitrogen and oxygen atoms in total. The minimum atomic E-state index is 0.489. The molecule has 0 bridgehead atoms.